The van der Waals surface area contributed by atoms with Crippen LogP contribution in [-0.2, 0) is 16.1 Å². The highest BCUT2D eigenvalue weighted by atomic mass is 35.5. The van der Waals surface area contributed by atoms with Crippen molar-refractivity contribution in [2.24, 2.45) is 0 Å². The summed E-state index contributed by atoms with van der Waals surface area (Å²) in [7, 11) is 1.55. The number of thioether (sulfide) groups is 1. The summed E-state index contributed by atoms with van der Waals surface area (Å²) >= 11 is 13.5. The molecule has 0 fully saturated rings. The molecule has 13 heteroatoms. The van der Waals surface area contributed by atoms with E-state index in [0.717, 1.165) is 11.8 Å². The number of hydrogen-bond donors (Lipinski definition) is 2. The molecule has 0 radical (unpaired) electrons. The molecule has 0 atom stereocenters. The third kappa shape index (κ3) is 7.78. The first-order valence-corrected chi connectivity index (χ1v) is 14.0. The summed E-state index contributed by atoms with van der Waals surface area (Å²) in [5.74, 6) is 0.0366. The molecule has 41 heavy (non-hydrogen) atoms. The first-order valence-electron chi connectivity index (χ1n) is 12.3. The van der Waals surface area contributed by atoms with E-state index in [2.05, 4.69) is 20.8 Å². The number of nitrogens with one attached hydrogen (secondary N) is 2. The number of nitrogens with zero attached hydrogens (tertiary/aromatic N) is 3. The summed E-state index contributed by atoms with van der Waals surface area (Å²) in [6.45, 7) is 2.06. The van der Waals surface area contributed by atoms with E-state index in [4.69, 9.17) is 32.7 Å². The van der Waals surface area contributed by atoms with Crippen LogP contribution in [0.15, 0.2) is 71.9 Å². The summed E-state index contributed by atoms with van der Waals surface area (Å²) in [6, 6.07) is 18.1. The minimum absolute atomic E-state index is 0.0112. The Morgan fingerprint density at radius 3 is 2.29 bits per heavy atom. The summed E-state index contributed by atoms with van der Waals surface area (Å²) in [6.07, 6.45) is 0. The highest BCUT2D eigenvalue weighted by Crippen LogP contribution is 2.28. The van der Waals surface area contributed by atoms with Gasteiger partial charge in [-0.25, -0.2) is 4.79 Å². The van der Waals surface area contributed by atoms with Crippen molar-refractivity contribution in [1.82, 2.24) is 20.1 Å². The maximum absolute atomic E-state index is 12.7. The number of carbonyl (C=O) groups is 3. The lowest BCUT2D eigenvalue weighted by molar-refractivity contribution is -0.113. The molecule has 1 aromatic heterocycles. The number of methoxy groups -OCH3 is 1. The van der Waals surface area contributed by atoms with Crippen LogP contribution in [0.2, 0.25) is 10.0 Å². The van der Waals surface area contributed by atoms with Gasteiger partial charge in [0.25, 0.3) is 5.91 Å². The van der Waals surface area contributed by atoms with Crippen LogP contribution in [0.3, 0.4) is 0 Å². The molecule has 0 aliphatic carbocycles. The standard InChI is InChI=1S/C28H25Cl2N5O5S/c1-3-40-27(38)18-4-8-19(9-5-18)32-25(36)16-41-28-34-33-24(35(28)20-10-13-22(29)23(30)14-20)15-31-26(37)17-6-11-21(39-2)12-7-17/h4-14H,3,15-16H2,1-2H3,(H,31,37)(H,32,36). The number of carbonyl (C=O) groups excluding carboxylic acids is 3. The van der Waals surface area contributed by atoms with E-state index < -0.39 is 5.97 Å². The third-order valence-electron chi connectivity index (χ3n) is 5.63. The molecule has 2 N–H and O–H groups in total. The number of ether oxygens (including phenoxy) is 2. The van der Waals surface area contributed by atoms with Gasteiger partial charge in [0.15, 0.2) is 11.0 Å². The zero-order valence-corrected chi connectivity index (χ0v) is 24.3. The van der Waals surface area contributed by atoms with Crippen LogP contribution in [0, 0.1) is 0 Å². The average Bonchev–Trinajstić information content (AvgIpc) is 3.39. The number of amides is 2. The van der Waals surface area contributed by atoms with Gasteiger partial charge in [0.05, 0.1) is 47.3 Å². The van der Waals surface area contributed by atoms with Crippen molar-refractivity contribution in [3.05, 3.63) is 93.7 Å². The highest BCUT2D eigenvalue weighted by molar-refractivity contribution is 7.99. The minimum atomic E-state index is -0.432. The van der Waals surface area contributed by atoms with E-state index in [1.807, 2.05) is 0 Å². The Morgan fingerprint density at radius 1 is 0.927 bits per heavy atom. The van der Waals surface area contributed by atoms with Gasteiger partial charge in [-0.15, -0.1) is 10.2 Å². The Kier molecular flexibility index (Phi) is 10.2. The lowest BCUT2D eigenvalue weighted by Crippen LogP contribution is -2.24. The van der Waals surface area contributed by atoms with Crippen molar-refractivity contribution in [2.45, 2.75) is 18.6 Å². The zero-order chi connectivity index (χ0) is 29.4. The van der Waals surface area contributed by atoms with Crippen molar-refractivity contribution >= 4 is 58.4 Å². The van der Waals surface area contributed by atoms with Crippen LogP contribution in [0.4, 0.5) is 5.69 Å². The number of anilines is 1. The Bertz CT molecular complexity index is 1540. The van der Waals surface area contributed by atoms with Crippen LogP contribution >= 0.6 is 35.0 Å². The summed E-state index contributed by atoms with van der Waals surface area (Å²) < 4.78 is 11.8. The first-order chi connectivity index (χ1) is 19.8. The molecule has 0 saturated heterocycles. The molecule has 2 amide bonds. The molecular formula is C28H25Cl2N5O5S. The second kappa shape index (κ2) is 14.0. The largest absolute Gasteiger partial charge is 0.497 e. The van der Waals surface area contributed by atoms with Gasteiger partial charge in [-0.2, -0.15) is 0 Å². The molecule has 0 unspecified atom stereocenters. The van der Waals surface area contributed by atoms with Crippen LogP contribution in [0.5, 0.6) is 5.75 Å². The van der Waals surface area contributed by atoms with Crippen molar-refractivity contribution < 1.29 is 23.9 Å². The minimum Gasteiger partial charge on any atom is -0.497 e. The van der Waals surface area contributed by atoms with Crippen LogP contribution in [-0.4, -0.2) is 52.0 Å². The molecule has 4 rings (SSSR count). The van der Waals surface area contributed by atoms with Gasteiger partial charge in [-0.1, -0.05) is 35.0 Å². The van der Waals surface area contributed by atoms with Gasteiger partial charge in [0, 0.05) is 11.3 Å². The molecule has 0 spiro atoms. The first kappa shape index (κ1) is 29.9. The van der Waals surface area contributed by atoms with E-state index in [0.29, 0.717) is 49.3 Å². The summed E-state index contributed by atoms with van der Waals surface area (Å²) in [4.78, 5) is 37.2. The summed E-state index contributed by atoms with van der Waals surface area (Å²) in [5, 5.41) is 15.2. The van der Waals surface area contributed by atoms with Crippen molar-refractivity contribution in [1.29, 1.82) is 0 Å². The smallest absolute Gasteiger partial charge is 0.338 e. The van der Waals surface area contributed by atoms with Crippen LogP contribution in [0.25, 0.3) is 5.69 Å². The lowest BCUT2D eigenvalue weighted by atomic mass is 10.2. The predicted molar refractivity (Wildman–Crippen MR) is 157 cm³/mol. The normalized spacial score (nSPS) is 10.6. The Morgan fingerprint density at radius 2 is 1.63 bits per heavy atom. The lowest BCUT2D eigenvalue weighted by Gasteiger charge is -2.12. The molecule has 0 aliphatic rings. The molecule has 0 bridgehead atoms. The second-order valence-corrected chi connectivity index (χ2v) is 10.1. The molecular weight excluding hydrogens is 589 g/mol. The van der Waals surface area contributed by atoms with E-state index in [1.54, 1.807) is 85.3 Å². The number of hydrogen-bond acceptors (Lipinski definition) is 8. The van der Waals surface area contributed by atoms with Gasteiger partial charge in [0.2, 0.25) is 5.91 Å². The fraction of sp³-hybridized carbons (Fsp3) is 0.179. The van der Waals surface area contributed by atoms with Crippen molar-refractivity contribution in [3.63, 3.8) is 0 Å². The fourth-order valence-corrected chi connectivity index (χ4v) is 4.69. The van der Waals surface area contributed by atoms with Gasteiger partial charge in [-0.3, -0.25) is 14.2 Å². The molecule has 4 aromatic rings. The van der Waals surface area contributed by atoms with Gasteiger partial charge >= 0.3 is 5.97 Å². The third-order valence-corrected chi connectivity index (χ3v) is 7.30. The molecule has 10 nitrogen and oxygen atoms in total. The Hall–Kier alpha value is -4.06. The number of halogens is 2. The number of esters is 1. The maximum Gasteiger partial charge on any atom is 0.338 e. The van der Waals surface area contributed by atoms with Crippen molar-refractivity contribution in [3.8, 4) is 11.4 Å². The molecule has 3 aromatic carbocycles. The van der Waals surface area contributed by atoms with Gasteiger partial charge < -0.3 is 20.1 Å². The number of benzene rings is 3. The second-order valence-electron chi connectivity index (χ2n) is 8.38. The van der Waals surface area contributed by atoms with E-state index in [9.17, 15) is 14.4 Å². The fourth-order valence-electron chi connectivity index (χ4n) is 3.63. The van der Waals surface area contributed by atoms with Crippen LogP contribution < -0.4 is 15.4 Å². The molecule has 0 saturated carbocycles. The SMILES string of the molecule is CCOC(=O)c1ccc(NC(=O)CSc2nnc(CNC(=O)c3ccc(OC)cc3)n2-c2ccc(Cl)c(Cl)c2)cc1. The molecule has 212 valence electrons. The maximum atomic E-state index is 12.7. The van der Waals surface area contributed by atoms with Crippen LogP contribution in [0.1, 0.15) is 33.5 Å². The van der Waals surface area contributed by atoms with E-state index in [-0.39, 0.29) is 30.7 Å². The zero-order valence-electron chi connectivity index (χ0n) is 22.0. The molecule has 1 heterocycles. The highest BCUT2D eigenvalue weighted by Gasteiger charge is 2.18. The van der Waals surface area contributed by atoms with E-state index in [1.165, 1.54) is 0 Å². The van der Waals surface area contributed by atoms with Gasteiger partial charge in [-0.05, 0) is 73.7 Å². The van der Waals surface area contributed by atoms with E-state index >= 15 is 0 Å². The Balaban J connectivity index is 1.47. The topological polar surface area (TPSA) is 124 Å². The quantitative estimate of drug-likeness (QED) is 0.170. The number of rotatable bonds is 11. The average molecular weight is 615 g/mol. The monoisotopic (exact) mass is 613 g/mol. The predicted octanol–water partition coefficient (Wildman–Crippen LogP) is 5.42. The summed E-state index contributed by atoms with van der Waals surface area (Å²) in [5.41, 5.74) is 1.97. The number of aromatic nitrogens is 3. The van der Waals surface area contributed by atoms with Crippen molar-refractivity contribution in [2.75, 3.05) is 24.8 Å². The molecule has 0 aliphatic heterocycles. The van der Waals surface area contributed by atoms with Gasteiger partial charge in [0.1, 0.15) is 5.75 Å². The Labute approximate surface area is 250 Å².